The number of hydrogen-bond donors (Lipinski definition) is 2. The van der Waals surface area contributed by atoms with Gasteiger partial charge in [-0.2, -0.15) is 0 Å². The Kier molecular flexibility index (Phi) is 5.70. The van der Waals surface area contributed by atoms with Crippen molar-refractivity contribution in [3.05, 3.63) is 58.3 Å². The van der Waals surface area contributed by atoms with Crippen LogP contribution in [0.15, 0.2) is 45.7 Å². The summed E-state index contributed by atoms with van der Waals surface area (Å²) in [5.41, 5.74) is 3.26. The van der Waals surface area contributed by atoms with Crippen molar-refractivity contribution in [2.24, 2.45) is 0 Å². The monoisotopic (exact) mass is 362 g/mol. The van der Waals surface area contributed by atoms with Crippen molar-refractivity contribution in [1.82, 2.24) is 14.9 Å². The van der Waals surface area contributed by atoms with Gasteiger partial charge in [0.2, 0.25) is 0 Å². The van der Waals surface area contributed by atoms with Gasteiger partial charge in [0.15, 0.2) is 5.58 Å². The third-order valence-electron chi connectivity index (χ3n) is 4.60. The molecule has 4 rings (SSSR count). The van der Waals surface area contributed by atoms with Gasteiger partial charge in [-0.15, -0.1) is 0 Å². The summed E-state index contributed by atoms with van der Waals surface area (Å²) in [5, 5.41) is 8.93. The SMILES string of the molecule is O=C(O)c1ccc(CN2CCN(c3cccc4[nH]c(=O)oc34)CC2)nc1.[H-].[Li+]. The van der Waals surface area contributed by atoms with Gasteiger partial charge in [-0.1, -0.05) is 6.07 Å². The number of rotatable bonds is 4. The van der Waals surface area contributed by atoms with Crippen LogP contribution in [-0.4, -0.2) is 52.1 Å². The second-order valence-corrected chi connectivity index (χ2v) is 6.27. The van der Waals surface area contributed by atoms with E-state index in [1.165, 1.54) is 6.20 Å². The summed E-state index contributed by atoms with van der Waals surface area (Å²) in [6.45, 7) is 3.97. The van der Waals surface area contributed by atoms with E-state index in [0.29, 0.717) is 17.6 Å². The van der Waals surface area contributed by atoms with E-state index in [1.807, 2.05) is 18.2 Å². The number of nitrogens with one attached hydrogen (secondary N) is 1. The standard InChI is InChI=1S/C18H18N4O4.Li.H/c23-17(24)12-4-5-13(19-10-12)11-21-6-8-22(9-7-21)15-3-1-2-14-16(15)26-18(25)20-14;;/h1-5,10H,6-9,11H2,(H,20,25)(H,23,24);;/q;+1;-1. The molecule has 136 valence electrons. The minimum absolute atomic E-state index is 0. The number of piperazine rings is 1. The molecule has 3 heterocycles. The topological polar surface area (TPSA) is 103 Å². The molecule has 0 aliphatic carbocycles. The summed E-state index contributed by atoms with van der Waals surface area (Å²) in [7, 11) is 0. The number of carboxylic acid groups (broad SMARTS) is 1. The van der Waals surface area contributed by atoms with E-state index in [1.54, 1.807) is 12.1 Å². The fraction of sp³-hybridized carbons (Fsp3) is 0.278. The Hall–Kier alpha value is -2.53. The first-order valence-electron chi connectivity index (χ1n) is 8.37. The van der Waals surface area contributed by atoms with Crippen LogP contribution in [0.3, 0.4) is 0 Å². The van der Waals surface area contributed by atoms with Crippen LogP contribution in [0.4, 0.5) is 5.69 Å². The number of fused-ring (bicyclic) bond motifs is 1. The molecule has 0 radical (unpaired) electrons. The Morgan fingerprint density at radius 2 is 2.00 bits per heavy atom. The number of oxazole rings is 1. The largest absolute Gasteiger partial charge is 1.00 e. The number of anilines is 1. The van der Waals surface area contributed by atoms with Gasteiger partial charge in [-0.05, 0) is 24.3 Å². The van der Waals surface area contributed by atoms with E-state index < -0.39 is 11.7 Å². The molecular weight excluding hydrogens is 343 g/mol. The number of benzene rings is 1. The zero-order chi connectivity index (χ0) is 18.1. The molecule has 0 spiro atoms. The third kappa shape index (κ3) is 4.08. The summed E-state index contributed by atoms with van der Waals surface area (Å²) in [4.78, 5) is 33.7. The number of para-hydroxylation sites is 1. The summed E-state index contributed by atoms with van der Waals surface area (Å²) >= 11 is 0. The number of H-pyrrole nitrogens is 1. The molecule has 9 heteroatoms. The molecule has 1 aliphatic heterocycles. The molecule has 1 saturated heterocycles. The molecule has 1 aliphatic rings. The average Bonchev–Trinajstić information content (AvgIpc) is 3.03. The van der Waals surface area contributed by atoms with Gasteiger partial charge >= 0.3 is 30.6 Å². The number of pyridine rings is 1. The smallest absolute Gasteiger partial charge is 1.00 e. The molecule has 0 bridgehead atoms. The van der Waals surface area contributed by atoms with E-state index in [0.717, 1.165) is 37.6 Å². The summed E-state index contributed by atoms with van der Waals surface area (Å²) in [5.74, 6) is -1.41. The van der Waals surface area contributed by atoms with Crippen LogP contribution < -0.4 is 29.5 Å². The molecule has 0 saturated carbocycles. The molecule has 0 amide bonds. The predicted molar refractivity (Wildman–Crippen MR) is 96.6 cm³/mol. The van der Waals surface area contributed by atoms with Crippen molar-refractivity contribution < 1.29 is 34.6 Å². The average molecular weight is 362 g/mol. The molecule has 2 aromatic heterocycles. The maximum atomic E-state index is 11.5. The van der Waals surface area contributed by atoms with Crippen LogP contribution in [0.1, 0.15) is 17.5 Å². The third-order valence-corrected chi connectivity index (χ3v) is 4.60. The molecule has 0 atom stereocenters. The van der Waals surface area contributed by atoms with E-state index in [4.69, 9.17) is 9.52 Å². The van der Waals surface area contributed by atoms with Crippen molar-refractivity contribution in [3.8, 4) is 0 Å². The van der Waals surface area contributed by atoms with Crippen LogP contribution in [0.5, 0.6) is 0 Å². The van der Waals surface area contributed by atoms with Gasteiger partial charge in [-0.3, -0.25) is 14.9 Å². The van der Waals surface area contributed by atoms with Crippen molar-refractivity contribution in [3.63, 3.8) is 0 Å². The molecule has 3 aromatic rings. The Balaban J connectivity index is 0.00000140. The fourth-order valence-electron chi connectivity index (χ4n) is 3.23. The normalized spacial score (nSPS) is 14.9. The first-order valence-corrected chi connectivity index (χ1v) is 8.37. The molecule has 1 aromatic carbocycles. The number of carboxylic acids is 1. The Bertz CT molecular complexity index is 997. The van der Waals surface area contributed by atoms with E-state index >= 15 is 0 Å². The molecule has 0 unspecified atom stereocenters. The number of aromatic carboxylic acids is 1. The number of hydrogen-bond acceptors (Lipinski definition) is 6. The first-order chi connectivity index (χ1) is 12.6. The van der Waals surface area contributed by atoms with Gasteiger partial charge in [0.05, 0.1) is 22.5 Å². The number of nitrogens with zero attached hydrogens (tertiary/aromatic N) is 3. The zero-order valence-corrected chi connectivity index (χ0v) is 15.0. The molecule has 8 nitrogen and oxygen atoms in total. The molecular formula is C18H19LiN4O4. The van der Waals surface area contributed by atoms with Crippen molar-refractivity contribution >= 4 is 22.8 Å². The van der Waals surface area contributed by atoms with E-state index in [9.17, 15) is 9.59 Å². The van der Waals surface area contributed by atoms with Gasteiger partial charge in [0.1, 0.15) is 0 Å². The van der Waals surface area contributed by atoms with Crippen LogP contribution >= 0.6 is 0 Å². The Labute approximate surface area is 168 Å². The summed E-state index contributed by atoms with van der Waals surface area (Å²) in [6, 6.07) is 9.03. The van der Waals surface area contributed by atoms with Crippen LogP contribution in [0.25, 0.3) is 11.1 Å². The van der Waals surface area contributed by atoms with E-state index in [-0.39, 0.29) is 25.9 Å². The second-order valence-electron chi connectivity index (χ2n) is 6.27. The van der Waals surface area contributed by atoms with Crippen molar-refractivity contribution in [2.75, 3.05) is 31.1 Å². The molecule has 1 fully saturated rings. The zero-order valence-electron chi connectivity index (χ0n) is 16.0. The minimum Gasteiger partial charge on any atom is -1.00 e. The van der Waals surface area contributed by atoms with Gasteiger partial charge < -0.3 is 15.9 Å². The fourth-order valence-corrected chi connectivity index (χ4v) is 3.23. The Morgan fingerprint density at radius 1 is 1.22 bits per heavy atom. The number of carbonyl (C=O) groups is 1. The summed E-state index contributed by atoms with van der Waals surface area (Å²) in [6.07, 6.45) is 1.39. The first kappa shape index (κ1) is 19.2. The van der Waals surface area contributed by atoms with Crippen molar-refractivity contribution in [2.45, 2.75) is 6.54 Å². The molecule has 2 N–H and O–H groups in total. The maximum Gasteiger partial charge on any atom is 1.00 e. The quantitative estimate of drug-likeness (QED) is 0.554. The second kappa shape index (κ2) is 8.01. The predicted octanol–water partition coefficient (Wildman–Crippen LogP) is -1.35. The van der Waals surface area contributed by atoms with Gasteiger partial charge in [0, 0.05) is 38.9 Å². The van der Waals surface area contributed by atoms with Crippen LogP contribution in [-0.2, 0) is 6.54 Å². The van der Waals surface area contributed by atoms with Crippen LogP contribution in [0, 0.1) is 0 Å². The minimum atomic E-state index is -0.969. The van der Waals surface area contributed by atoms with Gasteiger partial charge in [-0.25, -0.2) is 9.59 Å². The Morgan fingerprint density at radius 3 is 2.67 bits per heavy atom. The van der Waals surface area contributed by atoms with E-state index in [2.05, 4.69) is 19.8 Å². The van der Waals surface area contributed by atoms with Crippen LogP contribution in [0.2, 0.25) is 0 Å². The van der Waals surface area contributed by atoms with Gasteiger partial charge in [0.25, 0.3) is 0 Å². The number of aromatic amines is 1. The maximum absolute atomic E-state index is 11.5. The summed E-state index contributed by atoms with van der Waals surface area (Å²) < 4.78 is 5.28. The molecule has 27 heavy (non-hydrogen) atoms. The number of aromatic nitrogens is 2. The van der Waals surface area contributed by atoms with Crippen molar-refractivity contribution in [1.29, 1.82) is 0 Å².